The highest BCUT2D eigenvalue weighted by Crippen LogP contribution is 2.54. The molecule has 3 atom stereocenters. The summed E-state index contributed by atoms with van der Waals surface area (Å²) in [5.74, 6) is 0.238. The number of nitrogens with zero attached hydrogens (tertiary/aromatic N) is 1. The minimum Gasteiger partial charge on any atom is -0.326 e. The Hall–Kier alpha value is -2.75. The van der Waals surface area contributed by atoms with E-state index in [0.717, 1.165) is 54.3 Å². The van der Waals surface area contributed by atoms with Crippen LogP contribution in [-0.2, 0) is 4.79 Å². The molecule has 3 unspecified atom stereocenters. The number of aromatic nitrogens is 1. The molecular weight excluding hydrogens is 387 g/mol. The van der Waals surface area contributed by atoms with Gasteiger partial charge in [0, 0.05) is 23.2 Å². The molecule has 1 N–H and O–H groups in total. The van der Waals surface area contributed by atoms with E-state index in [-0.39, 0.29) is 29.0 Å². The molecule has 0 spiro atoms. The number of carbonyl (C=O) groups excluding carboxylic acids is 1. The standard InChI is InChI=1S/C27H31FN2O/c1-4-27(15-12-24(27)26(31)30-21-8-5-18(2)6-9-21)14-11-19(3)22-13-16-29-25-10-7-20(28)17-23(22)25/h5-10,13,16-17,19,24H,4,11-12,14-15H2,1-3H3,(H,30,31). The zero-order valence-electron chi connectivity index (χ0n) is 18.6. The third kappa shape index (κ3) is 4.34. The van der Waals surface area contributed by atoms with Crippen molar-refractivity contribution >= 4 is 22.5 Å². The fraction of sp³-hybridized carbons (Fsp3) is 0.407. The van der Waals surface area contributed by atoms with Crippen LogP contribution in [-0.4, -0.2) is 10.9 Å². The van der Waals surface area contributed by atoms with Crippen LogP contribution in [0.1, 0.15) is 63.0 Å². The molecule has 31 heavy (non-hydrogen) atoms. The maximum Gasteiger partial charge on any atom is 0.228 e. The number of anilines is 1. The van der Waals surface area contributed by atoms with Crippen LogP contribution in [0.15, 0.2) is 54.7 Å². The topological polar surface area (TPSA) is 42.0 Å². The van der Waals surface area contributed by atoms with Gasteiger partial charge in [-0.2, -0.15) is 0 Å². The summed E-state index contributed by atoms with van der Waals surface area (Å²) < 4.78 is 13.8. The summed E-state index contributed by atoms with van der Waals surface area (Å²) in [5.41, 5.74) is 4.07. The predicted octanol–water partition coefficient (Wildman–Crippen LogP) is 7.01. The highest BCUT2D eigenvalue weighted by molar-refractivity contribution is 5.93. The summed E-state index contributed by atoms with van der Waals surface area (Å²) in [7, 11) is 0. The zero-order valence-corrected chi connectivity index (χ0v) is 18.6. The number of pyridine rings is 1. The van der Waals surface area contributed by atoms with Gasteiger partial charge in [0.2, 0.25) is 5.91 Å². The number of hydrogen-bond donors (Lipinski definition) is 1. The van der Waals surface area contributed by atoms with Gasteiger partial charge in [-0.15, -0.1) is 0 Å². The van der Waals surface area contributed by atoms with Crippen molar-refractivity contribution in [3.63, 3.8) is 0 Å². The molecular formula is C27H31FN2O. The Labute approximate surface area is 184 Å². The molecule has 0 saturated heterocycles. The Bertz CT molecular complexity index is 1070. The molecule has 1 aliphatic rings. The van der Waals surface area contributed by atoms with Crippen molar-refractivity contribution in [3.05, 3.63) is 71.7 Å². The zero-order chi connectivity index (χ0) is 22.0. The fourth-order valence-corrected chi connectivity index (χ4v) is 5.10. The van der Waals surface area contributed by atoms with Crippen LogP contribution in [0.2, 0.25) is 0 Å². The largest absolute Gasteiger partial charge is 0.326 e. The number of amides is 1. The number of rotatable bonds is 7. The van der Waals surface area contributed by atoms with Gasteiger partial charge in [0.05, 0.1) is 5.52 Å². The van der Waals surface area contributed by atoms with Crippen molar-refractivity contribution in [2.24, 2.45) is 11.3 Å². The molecule has 1 amide bonds. The van der Waals surface area contributed by atoms with Crippen LogP contribution in [0.5, 0.6) is 0 Å². The molecule has 2 aromatic carbocycles. The first-order chi connectivity index (χ1) is 14.9. The van der Waals surface area contributed by atoms with Crippen LogP contribution in [0, 0.1) is 24.1 Å². The summed E-state index contributed by atoms with van der Waals surface area (Å²) >= 11 is 0. The van der Waals surface area contributed by atoms with E-state index in [4.69, 9.17) is 0 Å². The molecule has 162 valence electrons. The van der Waals surface area contributed by atoms with Gasteiger partial charge in [-0.25, -0.2) is 4.39 Å². The van der Waals surface area contributed by atoms with E-state index < -0.39 is 0 Å². The average molecular weight is 419 g/mol. The van der Waals surface area contributed by atoms with Gasteiger partial charge in [-0.3, -0.25) is 9.78 Å². The lowest BCUT2D eigenvalue weighted by Crippen LogP contribution is -2.46. The molecule has 0 radical (unpaired) electrons. The number of hydrogen-bond acceptors (Lipinski definition) is 2. The molecule has 1 saturated carbocycles. The van der Waals surface area contributed by atoms with E-state index in [1.165, 1.54) is 11.6 Å². The minimum absolute atomic E-state index is 0.0527. The van der Waals surface area contributed by atoms with Crippen LogP contribution >= 0.6 is 0 Å². The second-order valence-electron chi connectivity index (χ2n) is 9.16. The number of fused-ring (bicyclic) bond motifs is 1. The quantitative estimate of drug-likeness (QED) is 0.448. The molecule has 4 rings (SSSR count). The Morgan fingerprint density at radius 3 is 2.68 bits per heavy atom. The number of benzene rings is 2. The van der Waals surface area contributed by atoms with Gasteiger partial charge >= 0.3 is 0 Å². The smallest absolute Gasteiger partial charge is 0.228 e. The Morgan fingerprint density at radius 1 is 1.23 bits per heavy atom. The van der Waals surface area contributed by atoms with E-state index >= 15 is 0 Å². The number of aryl methyl sites for hydroxylation is 1. The molecule has 0 aliphatic heterocycles. The summed E-state index contributed by atoms with van der Waals surface area (Å²) in [6.45, 7) is 6.44. The molecule has 1 aromatic heterocycles. The van der Waals surface area contributed by atoms with Crippen molar-refractivity contribution < 1.29 is 9.18 Å². The van der Waals surface area contributed by atoms with Crippen LogP contribution in [0.4, 0.5) is 10.1 Å². The molecule has 3 nitrogen and oxygen atoms in total. The number of carbonyl (C=O) groups is 1. The first-order valence-electron chi connectivity index (χ1n) is 11.3. The first kappa shape index (κ1) is 21.5. The van der Waals surface area contributed by atoms with Crippen LogP contribution in [0.3, 0.4) is 0 Å². The molecule has 1 heterocycles. The maximum absolute atomic E-state index is 13.8. The maximum atomic E-state index is 13.8. The minimum atomic E-state index is -0.231. The lowest BCUT2D eigenvalue weighted by Gasteiger charge is -2.49. The fourth-order valence-electron chi connectivity index (χ4n) is 5.10. The van der Waals surface area contributed by atoms with Crippen molar-refractivity contribution in [2.75, 3.05) is 5.32 Å². The van der Waals surface area contributed by atoms with Gasteiger partial charge in [-0.1, -0.05) is 31.5 Å². The van der Waals surface area contributed by atoms with Crippen molar-refractivity contribution in [2.45, 2.75) is 58.8 Å². The van der Waals surface area contributed by atoms with Gasteiger partial charge in [-0.05, 0) is 92.3 Å². The monoisotopic (exact) mass is 418 g/mol. The molecule has 4 heteroatoms. The Balaban J connectivity index is 1.45. The van der Waals surface area contributed by atoms with Gasteiger partial charge in [0.15, 0.2) is 0 Å². The summed E-state index contributed by atoms with van der Waals surface area (Å²) in [4.78, 5) is 17.4. The average Bonchev–Trinajstić information content (AvgIpc) is 2.74. The summed E-state index contributed by atoms with van der Waals surface area (Å²) in [6, 6.07) is 14.8. The third-order valence-corrected chi connectivity index (χ3v) is 7.35. The van der Waals surface area contributed by atoms with Crippen LogP contribution < -0.4 is 5.32 Å². The molecule has 0 bridgehead atoms. The molecule has 3 aromatic rings. The lowest BCUT2D eigenvalue weighted by molar-refractivity contribution is -0.131. The van der Waals surface area contributed by atoms with Crippen molar-refractivity contribution in [3.8, 4) is 0 Å². The Kier molecular flexibility index (Phi) is 6.08. The van der Waals surface area contributed by atoms with Gasteiger partial charge in [0.1, 0.15) is 5.82 Å². The second-order valence-corrected chi connectivity index (χ2v) is 9.16. The van der Waals surface area contributed by atoms with E-state index in [0.29, 0.717) is 0 Å². The lowest BCUT2D eigenvalue weighted by atomic mass is 9.55. The third-order valence-electron chi connectivity index (χ3n) is 7.35. The number of nitrogens with one attached hydrogen (secondary N) is 1. The first-order valence-corrected chi connectivity index (χ1v) is 11.3. The predicted molar refractivity (Wildman–Crippen MR) is 125 cm³/mol. The van der Waals surface area contributed by atoms with Crippen molar-refractivity contribution in [1.82, 2.24) is 4.98 Å². The number of halogens is 1. The van der Waals surface area contributed by atoms with Gasteiger partial charge < -0.3 is 5.32 Å². The van der Waals surface area contributed by atoms with Gasteiger partial charge in [0.25, 0.3) is 0 Å². The van der Waals surface area contributed by atoms with E-state index in [1.807, 2.05) is 43.5 Å². The van der Waals surface area contributed by atoms with E-state index in [9.17, 15) is 9.18 Å². The molecule has 1 aliphatic carbocycles. The van der Waals surface area contributed by atoms with E-state index in [1.54, 1.807) is 12.1 Å². The SMILES string of the molecule is CCC1(CCC(C)c2ccnc3ccc(F)cc23)CCC1C(=O)Nc1ccc(C)cc1. The summed E-state index contributed by atoms with van der Waals surface area (Å²) in [6.07, 6.45) is 6.81. The highest BCUT2D eigenvalue weighted by atomic mass is 19.1. The normalized spacial score (nSPS) is 21.5. The van der Waals surface area contributed by atoms with Crippen molar-refractivity contribution in [1.29, 1.82) is 0 Å². The summed E-state index contributed by atoms with van der Waals surface area (Å²) in [5, 5.41) is 4.01. The Morgan fingerprint density at radius 2 is 2.00 bits per heavy atom. The van der Waals surface area contributed by atoms with Crippen LogP contribution in [0.25, 0.3) is 10.9 Å². The second kappa shape index (κ2) is 8.78. The molecule has 1 fully saturated rings. The van der Waals surface area contributed by atoms with E-state index in [2.05, 4.69) is 24.1 Å². The highest BCUT2D eigenvalue weighted by Gasteiger charge is 2.48.